The molecule has 0 aliphatic carbocycles. The van der Waals surface area contributed by atoms with Gasteiger partial charge in [-0.05, 0) is 25.0 Å². The SMILES string of the molecule is Nc1nc(/C(=N\OCCF)C(=O)N[C@@H]2C(=O)N3C(C(=O)O)=C(Sc4nc(-c5ccncc5)cs4)CC[C@H]23)cs1. The van der Waals surface area contributed by atoms with Crippen molar-refractivity contribution in [2.45, 2.75) is 29.3 Å². The number of hydrogen-bond acceptors (Lipinski definition) is 12. The zero-order chi connectivity index (χ0) is 27.5. The van der Waals surface area contributed by atoms with Gasteiger partial charge in [0.15, 0.2) is 15.2 Å². The number of oxime groups is 1. The van der Waals surface area contributed by atoms with E-state index in [1.54, 1.807) is 12.4 Å². The molecule has 202 valence electrons. The first kappa shape index (κ1) is 26.7. The van der Waals surface area contributed by atoms with Crippen molar-refractivity contribution in [1.29, 1.82) is 0 Å². The molecule has 12 nitrogen and oxygen atoms in total. The lowest BCUT2D eigenvalue weighted by Crippen LogP contribution is -2.72. The topological polar surface area (TPSA) is 173 Å². The number of carbonyl (C=O) groups is 3. The number of β-lactam (4-membered cyclic amide) rings is 1. The molecule has 39 heavy (non-hydrogen) atoms. The van der Waals surface area contributed by atoms with Gasteiger partial charge < -0.3 is 21.0 Å². The molecule has 0 unspecified atom stereocenters. The van der Waals surface area contributed by atoms with Gasteiger partial charge in [-0.2, -0.15) is 0 Å². The summed E-state index contributed by atoms with van der Waals surface area (Å²) in [4.78, 5) is 57.5. The molecule has 2 aliphatic heterocycles. The number of nitrogens with two attached hydrogens (primary N) is 1. The predicted molar refractivity (Wildman–Crippen MR) is 143 cm³/mol. The maximum absolute atomic E-state index is 13.1. The molecule has 16 heteroatoms. The highest BCUT2D eigenvalue weighted by atomic mass is 32.2. The first-order valence-electron chi connectivity index (χ1n) is 11.5. The fourth-order valence-electron chi connectivity index (χ4n) is 4.15. The van der Waals surface area contributed by atoms with Gasteiger partial charge >= 0.3 is 5.97 Å². The van der Waals surface area contributed by atoms with E-state index in [4.69, 9.17) is 10.6 Å². The molecule has 5 heterocycles. The number of rotatable bonds is 10. The van der Waals surface area contributed by atoms with Crippen LogP contribution in [-0.2, 0) is 19.2 Å². The average molecular weight is 590 g/mol. The number of carbonyl (C=O) groups excluding carboxylic acids is 2. The Balaban J connectivity index is 1.32. The van der Waals surface area contributed by atoms with Gasteiger partial charge in [0.25, 0.3) is 11.8 Å². The lowest BCUT2D eigenvalue weighted by atomic mass is 9.86. The number of anilines is 1. The molecule has 0 radical (unpaired) electrons. The predicted octanol–water partition coefficient (Wildman–Crippen LogP) is 2.51. The van der Waals surface area contributed by atoms with E-state index in [0.717, 1.165) is 22.6 Å². The standard InChI is InChI=1S/C23H20FN7O5S3/c24-5-8-36-30-16(13-10-37-22(25)27-13)19(32)29-17-14-1-2-15(18(21(34)35)31(14)20(17)33)39-23-28-12(9-38-23)11-3-6-26-7-4-11/h3-4,6-7,9-10,14,17H,1-2,5,8H2,(H2,25,27)(H,29,32)(H,34,35)/b30-16+/t14-,17+/m1/s1. The molecule has 2 atom stereocenters. The summed E-state index contributed by atoms with van der Waals surface area (Å²) in [6, 6.07) is 2.13. The number of fused-ring (bicyclic) bond motifs is 1. The summed E-state index contributed by atoms with van der Waals surface area (Å²) in [5.74, 6) is -2.59. The number of aliphatic carboxylic acids is 1. The van der Waals surface area contributed by atoms with Crippen LogP contribution in [0.15, 0.2) is 55.4 Å². The number of pyridine rings is 1. The van der Waals surface area contributed by atoms with Crippen molar-refractivity contribution >= 4 is 63.1 Å². The van der Waals surface area contributed by atoms with Crippen LogP contribution in [0, 0.1) is 0 Å². The number of nitrogen functional groups attached to an aromatic ring is 1. The smallest absolute Gasteiger partial charge is 0.353 e. The Morgan fingerprint density at radius 3 is 2.77 bits per heavy atom. The quantitative estimate of drug-likeness (QED) is 0.138. The molecule has 3 aromatic rings. The number of carboxylic acids is 1. The van der Waals surface area contributed by atoms with Gasteiger partial charge in [0, 0.05) is 33.6 Å². The summed E-state index contributed by atoms with van der Waals surface area (Å²) in [5, 5.41) is 19.8. The molecule has 0 spiro atoms. The third-order valence-electron chi connectivity index (χ3n) is 5.85. The zero-order valence-electron chi connectivity index (χ0n) is 19.9. The molecule has 1 fully saturated rings. The minimum atomic E-state index is -1.24. The summed E-state index contributed by atoms with van der Waals surface area (Å²) in [7, 11) is 0. The maximum Gasteiger partial charge on any atom is 0.353 e. The number of aromatic nitrogens is 3. The van der Waals surface area contributed by atoms with Crippen molar-refractivity contribution in [2.75, 3.05) is 19.0 Å². The molecule has 5 rings (SSSR count). The van der Waals surface area contributed by atoms with Gasteiger partial charge in [-0.15, -0.1) is 22.7 Å². The summed E-state index contributed by atoms with van der Waals surface area (Å²) in [6.07, 6.45) is 4.13. The van der Waals surface area contributed by atoms with E-state index in [1.165, 1.54) is 33.4 Å². The van der Waals surface area contributed by atoms with E-state index in [1.807, 2.05) is 17.5 Å². The van der Waals surface area contributed by atoms with E-state index in [-0.39, 0.29) is 28.8 Å². The average Bonchev–Trinajstić information content (AvgIpc) is 3.58. The third-order valence-corrected chi connectivity index (χ3v) is 8.61. The van der Waals surface area contributed by atoms with Crippen molar-refractivity contribution in [3.8, 4) is 11.3 Å². The highest BCUT2D eigenvalue weighted by Gasteiger charge is 2.54. The molecule has 1 saturated heterocycles. The minimum absolute atomic E-state index is 0.112. The monoisotopic (exact) mass is 589 g/mol. The van der Waals surface area contributed by atoms with Crippen molar-refractivity contribution in [2.24, 2.45) is 5.16 Å². The normalized spacial score (nSPS) is 18.9. The molecule has 2 amide bonds. The van der Waals surface area contributed by atoms with Crippen LogP contribution in [0.25, 0.3) is 11.3 Å². The van der Waals surface area contributed by atoms with Gasteiger partial charge in [0.1, 0.15) is 30.7 Å². The Morgan fingerprint density at radius 2 is 2.08 bits per heavy atom. The number of alkyl halides is 1. The Bertz CT molecular complexity index is 1480. The van der Waals surface area contributed by atoms with Crippen LogP contribution in [0.1, 0.15) is 18.5 Å². The number of amides is 2. The van der Waals surface area contributed by atoms with Crippen LogP contribution in [0.5, 0.6) is 0 Å². The number of allylic oxidation sites excluding steroid dienone is 1. The fourth-order valence-corrected chi connectivity index (χ4v) is 6.74. The second kappa shape index (κ2) is 11.5. The molecular weight excluding hydrogens is 569 g/mol. The van der Waals surface area contributed by atoms with Crippen molar-refractivity contribution in [3.05, 3.63) is 51.6 Å². The number of nitrogens with one attached hydrogen (secondary N) is 1. The molecule has 2 aliphatic rings. The number of carboxylic acid groups (broad SMARTS) is 1. The van der Waals surface area contributed by atoms with E-state index >= 15 is 0 Å². The van der Waals surface area contributed by atoms with Crippen LogP contribution in [0.2, 0.25) is 0 Å². The molecular formula is C23H20FN7O5S3. The van der Waals surface area contributed by atoms with Crippen molar-refractivity contribution < 1.29 is 28.7 Å². The van der Waals surface area contributed by atoms with Gasteiger partial charge in [-0.1, -0.05) is 16.9 Å². The molecule has 0 saturated carbocycles. The summed E-state index contributed by atoms with van der Waals surface area (Å²) in [6.45, 7) is -1.18. The van der Waals surface area contributed by atoms with Crippen LogP contribution in [0.4, 0.5) is 9.52 Å². The van der Waals surface area contributed by atoms with E-state index in [0.29, 0.717) is 22.1 Å². The second-order valence-electron chi connectivity index (χ2n) is 8.21. The number of nitrogens with zero attached hydrogens (tertiary/aromatic N) is 5. The Kier molecular flexibility index (Phi) is 7.85. The van der Waals surface area contributed by atoms with Gasteiger partial charge in [-0.25, -0.2) is 19.2 Å². The number of thiazole rings is 2. The van der Waals surface area contributed by atoms with E-state index in [2.05, 4.69) is 25.4 Å². The molecule has 4 N–H and O–H groups in total. The van der Waals surface area contributed by atoms with Crippen LogP contribution in [0.3, 0.4) is 0 Å². The van der Waals surface area contributed by atoms with E-state index in [9.17, 15) is 23.9 Å². The largest absolute Gasteiger partial charge is 0.477 e. The van der Waals surface area contributed by atoms with Crippen molar-refractivity contribution in [1.82, 2.24) is 25.2 Å². The lowest BCUT2D eigenvalue weighted by Gasteiger charge is -2.50. The number of hydrogen-bond donors (Lipinski definition) is 3. The Hall–Kier alpha value is -3.89. The third kappa shape index (κ3) is 5.48. The highest BCUT2D eigenvalue weighted by Crippen LogP contribution is 2.44. The lowest BCUT2D eigenvalue weighted by molar-refractivity contribution is -0.155. The summed E-state index contributed by atoms with van der Waals surface area (Å²) in [5.41, 5.74) is 7.00. The zero-order valence-corrected chi connectivity index (χ0v) is 22.4. The molecule has 0 aromatic carbocycles. The summed E-state index contributed by atoms with van der Waals surface area (Å²) < 4.78 is 13.1. The fraction of sp³-hybridized carbons (Fsp3) is 0.261. The minimum Gasteiger partial charge on any atom is -0.477 e. The molecule has 3 aromatic heterocycles. The second-order valence-corrected chi connectivity index (χ2v) is 11.3. The molecule has 0 bridgehead atoms. The Labute approximate surface area is 232 Å². The highest BCUT2D eigenvalue weighted by molar-refractivity contribution is 8.04. The van der Waals surface area contributed by atoms with Gasteiger partial charge in [0.05, 0.1) is 11.7 Å². The van der Waals surface area contributed by atoms with Crippen LogP contribution < -0.4 is 11.1 Å². The van der Waals surface area contributed by atoms with Gasteiger partial charge in [0.2, 0.25) is 0 Å². The number of halogens is 1. The Morgan fingerprint density at radius 1 is 1.28 bits per heavy atom. The first-order valence-corrected chi connectivity index (χ1v) is 14.1. The van der Waals surface area contributed by atoms with Gasteiger partial charge in [-0.3, -0.25) is 19.5 Å². The van der Waals surface area contributed by atoms with E-state index < -0.39 is 36.5 Å². The maximum atomic E-state index is 13.1. The first-order chi connectivity index (χ1) is 18.9. The number of thioether (sulfide) groups is 1. The summed E-state index contributed by atoms with van der Waals surface area (Å²) >= 11 is 3.66. The van der Waals surface area contributed by atoms with Crippen LogP contribution >= 0.6 is 34.4 Å². The van der Waals surface area contributed by atoms with Crippen molar-refractivity contribution in [3.63, 3.8) is 0 Å². The van der Waals surface area contributed by atoms with Crippen LogP contribution in [-0.4, -0.2) is 73.8 Å².